The van der Waals surface area contributed by atoms with Gasteiger partial charge in [0.15, 0.2) is 6.19 Å². The minimum atomic E-state index is -1.18. The molecule has 0 aromatic heterocycles. The van der Waals surface area contributed by atoms with E-state index in [-0.39, 0.29) is 6.54 Å². The highest BCUT2D eigenvalue weighted by Crippen LogP contribution is 1.87. The van der Waals surface area contributed by atoms with Crippen molar-refractivity contribution in [2.24, 2.45) is 0 Å². The molecule has 0 aromatic rings. The van der Waals surface area contributed by atoms with Crippen molar-refractivity contribution in [1.82, 2.24) is 4.90 Å². The molecule has 0 bridgehead atoms. The maximum atomic E-state index is 10.0. The first kappa shape index (κ1) is 7.76. The molecule has 1 N–H and O–H groups in total. The Bertz CT molecular complexity index is 138. The predicted octanol–water partition coefficient (Wildman–Crippen LogP) is 0.857. The highest BCUT2D eigenvalue weighted by atomic mass is 16.4. The summed E-state index contributed by atoms with van der Waals surface area (Å²) in [6.07, 6.45) is 1.02. The lowest BCUT2D eigenvalue weighted by Crippen LogP contribution is -2.24. The monoisotopic (exact) mass is 128 g/mol. The molecule has 0 aliphatic heterocycles. The molecule has 0 saturated heterocycles. The molecular weight excluding hydrogens is 120 g/mol. The van der Waals surface area contributed by atoms with Crippen molar-refractivity contribution in [2.45, 2.75) is 13.3 Å². The second-order valence-electron chi connectivity index (χ2n) is 1.53. The molecule has 0 aliphatic rings. The fraction of sp³-hybridized carbons (Fsp3) is 0.600. The summed E-state index contributed by atoms with van der Waals surface area (Å²) in [6, 6.07) is 0. The van der Waals surface area contributed by atoms with Gasteiger partial charge in [-0.1, -0.05) is 6.92 Å². The topological polar surface area (TPSA) is 64.3 Å². The number of hydrogen-bond acceptors (Lipinski definition) is 2. The van der Waals surface area contributed by atoms with Gasteiger partial charge in [0, 0.05) is 6.54 Å². The quantitative estimate of drug-likeness (QED) is 0.443. The Morgan fingerprint density at radius 3 is 2.56 bits per heavy atom. The predicted molar refractivity (Wildman–Crippen MR) is 30.6 cm³/mol. The maximum absolute atomic E-state index is 10.0. The van der Waals surface area contributed by atoms with Crippen LogP contribution in [0.1, 0.15) is 13.3 Å². The standard InChI is InChI=1S/C5H8N2O2/c1-2-3-7(4-6)5(8)9/h2-3H2,1H3,(H,8,9). The Labute approximate surface area is 53.3 Å². The molecular formula is C5H8N2O2. The average Bonchev–Trinajstić information content (AvgIpc) is 1.82. The molecule has 9 heavy (non-hydrogen) atoms. The number of carboxylic acid groups (broad SMARTS) is 1. The van der Waals surface area contributed by atoms with Crippen LogP contribution in [0.3, 0.4) is 0 Å². The minimum absolute atomic E-state index is 0.284. The third kappa shape index (κ3) is 2.54. The highest BCUT2D eigenvalue weighted by Gasteiger charge is 2.06. The van der Waals surface area contributed by atoms with E-state index in [1.807, 2.05) is 6.92 Å². The molecule has 0 aliphatic carbocycles. The lowest BCUT2D eigenvalue weighted by Gasteiger charge is -2.04. The minimum Gasteiger partial charge on any atom is -0.464 e. The van der Waals surface area contributed by atoms with Crippen molar-refractivity contribution in [3.63, 3.8) is 0 Å². The third-order valence-corrected chi connectivity index (χ3v) is 0.799. The summed E-state index contributed by atoms with van der Waals surface area (Å²) >= 11 is 0. The number of nitriles is 1. The molecule has 0 aromatic carbocycles. The molecule has 0 unspecified atom stereocenters. The van der Waals surface area contributed by atoms with Crippen LogP contribution in [-0.2, 0) is 0 Å². The van der Waals surface area contributed by atoms with Gasteiger partial charge in [0.25, 0.3) is 0 Å². The Morgan fingerprint density at radius 1 is 1.89 bits per heavy atom. The third-order valence-electron chi connectivity index (χ3n) is 0.799. The molecule has 4 heteroatoms. The molecule has 4 nitrogen and oxygen atoms in total. The number of nitrogens with zero attached hydrogens (tertiary/aromatic N) is 2. The van der Waals surface area contributed by atoms with E-state index in [1.54, 1.807) is 0 Å². The van der Waals surface area contributed by atoms with Gasteiger partial charge in [-0.15, -0.1) is 0 Å². The van der Waals surface area contributed by atoms with E-state index in [0.29, 0.717) is 11.3 Å². The van der Waals surface area contributed by atoms with E-state index in [0.717, 1.165) is 0 Å². The van der Waals surface area contributed by atoms with Gasteiger partial charge in [0.05, 0.1) is 0 Å². The van der Waals surface area contributed by atoms with Crippen molar-refractivity contribution in [2.75, 3.05) is 6.54 Å². The van der Waals surface area contributed by atoms with E-state index in [1.165, 1.54) is 6.19 Å². The molecule has 0 fully saturated rings. The Hall–Kier alpha value is -1.24. The van der Waals surface area contributed by atoms with Crippen LogP contribution < -0.4 is 0 Å². The van der Waals surface area contributed by atoms with Crippen LogP contribution in [0.15, 0.2) is 0 Å². The van der Waals surface area contributed by atoms with Crippen molar-refractivity contribution in [3.8, 4) is 6.19 Å². The van der Waals surface area contributed by atoms with Gasteiger partial charge in [-0.2, -0.15) is 5.26 Å². The first-order valence-corrected chi connectivity index (χ1v) is 2.62. The summed E-state index contributed by atoms with van der Waals surface area (Å²) < 4.78 is 0. The van der Waals surface area contributed by atoms with Crippen molar-refractivity contribution in [1.29, 1.82) is 5.26 Å². The lowest BCUT2D eigenvalue weighted by atomic mass is 10.5. The Kier molecular flexibility index (Phi) is 3.21. The van der Waals surface area contributed by atoms with Gasteiger partial charge < -0.3 is 5.11 Å². The molecule has 0 radical (unpaired) electrons. The molecule has 0 saturated carbocycles. The lowest BCUT2D eigenvalue weighted by molar-refractivity contribution is 0.165. The Balaban J connectivity index is 3.72. The fourth-order valence-corrected chi connectivity index (χ4v) is 0.412. The number of carbonyl (C=O) groups is 1. The zero-order valence-electron chi connectivity index (χ0n) is 5.16. The molecule has 0 spiro atoms. The summed E-state index contributed by atoms with van der Waals surface area (Å²) in [7, 11) is 0. The number of amides is 1. The maximum Gasteiger partial charge on any atom is 0.420 e. The van der Waals surface area contributed by atoms with Crippen molar-refractivity contribution < 1.29 is 9.90 Å². The summed E-state index contributed by atoms with van der Waals surface area (Å²) in [5, 5.41) is 16.3. The number of hydrogen-bond donors (Lipinski definition) is 1. The van der Waals surface area contributed by atoms with Crippen LogP contribution in [0.5, 0.6) is 0 Å². The SMILES string of the molecule is CCCN(C#N)C(=O)O. The van der Waals surface area contributed by atoms with Crippen LogP contribution in [0.25, 0.3) is 0 Å². The molecule has 1 amide bonds. The summed E-state index contributed by atoms with van der Waals surface area (Å²) in [5.41, 5.74) is 0. The van der Waals surface area contributed by atoms with E-state index < -0.39 is 6.09 Å². The average molecular weight is 128 g/mol. The Morgan fingerprint density at radius 2 is 2.44 bits per heavy atom. The van der Waals surface area contributed by atoms with Crippen molar-refractivity contribution >= 4 is 6.09 Å². The zero-order valence-corrected chi connectivity index (χ0v) is 5.16. The van der Waals surface area contributed by atoms with Gasteiger partial charge in [-0.3, -0.25) is 0 Å². The molecule has 0 atom stereocenters. The van der Waals surface area contributed by atoms with Gasteiger partial charge in [0.2, 0.25) is 0 Å². The van der Waals surface area contributed by atoms with Crippen LogP contribution in [0.2, 0.25) is 0 Å². The largest absolute Gasteiger partial charge is 0.464 e. The van der Waals surface area contributed by atoms with Crippen LogP contribution in [0, 0.1) is 11.5 Å². The summed E-state index contributed by atoms with van der Waals surface area (Å²) in [6.45, 7) is 2.10. The van der Waals surface area contributed by atoms with E-state index in [9.17, 15) is 4.79 Å². The van der Waals surface area contributed by atoms with Crippen molar-refractivity contribution in [3.05, 3.63) is 0 Å². The smallest absolute Gasteiger partial charge is 0.420 e. The van der Waals surface area contributed by atoms with Gasteiger partial charge in [0.1, 0.15) is 0 Å². The first-order valence-electron chi connectivity index (χ1n) is 2.62. The van der Waals surface area contributed by atoms with E-state index in [4.69, 9.17) is 10.4 Å². The van der Waals surface area contributed by atoms with Crippen LogP contribution in [0.4, 0.5) is 4.79 Å². The first-order chi connectivity index (χ1) is 4.22. The summed E-state index contributed by atoms with van der Waals surface area (Å²) in [5.74, 6) is 0. The summed E-state index contributed by atoms with van der Waals surface area (Å²) in [4.78, 5) is 10.7. The number of rotatable bonds is 2. The second kappa shape index (κ2) is 3.72. The van der Waals surface area contributed by atoms with E-state index >= 15 is 0 Å². The normalized spacial score (nSPS) is 8.00. The van der Waals surface area contributed by atoms with Gasteiger partial charge >= 0.3 is 6.09 Å². The van der Waals surface area contributed by atoms with Gasteiger partial charge in [-0.25, -0.2) is 9.69 Å². The van der Waals surface area contributed by atoms with Gasteiger partial charge in [-0.05, 0) is 6.42 Å². The highest BCUT2D eigenvalue weighted by molar-refractivity contribution is 5.66. The molecule has 0 rings (SSSR count). The van der Waals surface area contributed by atoms with Crippen LogP contribution >= 0.6 is 0 Å². The fourth-order valence-electron chi connectivity index (χ4n) is 0.412. The zero-order chi connectivity index (χ0) is 7.28. The van der Waals surface area contributed by atoms with Crippen LogP contribution in [-0.4, -0.2) is 22.6 Å². The molecule has 50 valence electrons. The van der Waals surface area contributed by atoms with E-state index in [2.05, 4.69) is 0 Å². The second-order valence-corrected chi connectivity index (χ2v) is 1.53. The molecule has 0 heterocycles.